The van der Waals surface area contributed by atoms with Gasteiger partial charge in [0.2, 0.25) is 11.8 Å². The predicted octanol–water partition coefficient (Wildman–Crippen LogP) is 0.950. The van der Waals surface area contributed by atoms with Crippen LogP contribution >= 0.6 is 0 Å². The molecule has 120 valence electrons. The molecule has 1 aliphatic rings. The predicted molar refractivity (Wildman–Crippen MR) is 76.7 cm³/mol. The van der Waals surface area contributed by atoms with E-state index in [9.17, 15) is 14.4 Å². The van der Waals surface area contributed by atoms with E-state index in [4.69, 9.17) is 9.52 Å². The summed E-state index contributed by atoms with van der Waals surface area (Å²) in [5, 5.41) is 8.92. The second-order valence-corrected chi connectivity index (χ2v) is 5.71. The maximum Gasteiger partial charge on any atom is 0.323 e. The van der Waals surface area contributed by atoms with E-state index in [1.165, 1.54) is 11.2 Å². The van der Waals surface area contributed by atoms with Gasteiger partial charge in [0.1, 0.15) is 12.3 Å². The van der Waals surface area contributed by atoms with Crippen molar-refractivity contribution in [2.45, 2.75) is 32.9 Å². The summed E-state index contributed by atoms with van der Waals surface area (Å²) in [5.74, 6) is -1.29. The third kappa shape index (κ3) is 3.66. The van der Waals surface area contributed by atoms with E-state index >= 15 is 0 Å². The van der Waals surface area contributed by atoms with Crippen LogP contribution in [-0.4, -0.2) is 51.8 Å². The van der Waals surface area contributed by atoms with Crippen LogP contribution < -0.4 is 0 Å². The summed E-state index contributed by atoms with van der Waals surface area (Å²) < 4.78 is 5.21. The van der Waals surface area contributed by atoms with Gasteiger partial charge < -0.3 is 19.3 Å². The van der Waals surface area contributed by atoms with E-state index < -0.39 is 11.9 Å². The molecule has 7 heteroatoms. The Morgan fingerprint density at radius 1 is 1.50 bits per heavy atom. The fourth-order valence-corrected chi connectivity index (χ4v) is 2.58. The molecule has 0 radical (unpaired) electrons. The normalized spacial score (nSPS) is 18.0. The minimum absolute atomic E-state index is 0.113. The van der Waals surface area contributed by atoms with Crippen LogP contribution in [0.3, 0.4) is 0 Å². The number of rotatable bonds is 6. The van der Waals surface area contributed by atoms with Gasteiger partial charge in [-0.25, -0.2) is 0 Å². The summed E-state index contributed by atoms with van der Waals surface area (Å²) >= 11 is 0. The van der Waals surface area contributed by atoms with Crippen molar-refractivity contribution in [2.24, 2.45) is 5.92 Å². The van der Waals surface area contributed by atoms with Crippen LogP contribution in [0.2, 0.25) is 0 Å². The molecule has 1 aromatic heterocycles. The summed E-state index contributed by atoms with van der Waals surface area (Å²) in [6.07, 6.45) is 1.65. The Morgan fingerprint density at radius 3 is 2.77 bits per heavy atom. The van der Waals surface area contributed by atoms with E-state index in [-0.39, 0.29) is 30.8 Å². The number of carbonyl (C=O) groups excluding carboxylic acids is 2. The standard InChI is InChI=1S/C15H20N2O5/c1-10(2)17(9-14(19)20)15(21)11-6-13(18)16(7-11)8-12-4-3-5-22-12/h3-5,10-11H,6-9H2,1-2H3,(H,19,20). The van der Waals surface area contributed by atoms with Gasteiger partial charge in [0.05, 0.1) is 18.7 Å². The van der Waals surface area contributed by atoms with E-state index in [0.29, 0.717) is 18.8 Å². The fourth-order valence-electron chi connectivity index (χ4n) is 2.58. The van der Waals surface area contributed by atoms with Crippen LogP contribution in [0.1, 0.15) is 26.0 Å². The van der Waals surface area contributed by atoms with Crippen molar-refractivity contribution < 1.29 is 23.9 Å². The maximum atomic E-state index is 12.5. The van der Waals surface area contributed by atoms with Crippen LogP contribution in [0.15, 0.2) is 22.8 Å². The Balaban J connectivity index is 2.02. The van der Waals surface area contributed by atoms with Crippen LogP contribution in [0.25, 0.3) is 0 Å². The van der Waals surface area contributed by atoms with Crippen molar-refractivity contribution in [1.29, 1.82) is 0 Å². The number of aliphatic carboxylic acids is 1. The molecule has 1 aliphatic heterocycles. The molecular weight excluding hydrogens is 288 g/mol. The highest BCUT2D eigenvalue weighted by atomic mass is 16.4. The summed E-state index contributed by atoms with van der Waals surface area (Å²) in [6, 6.07) is 3.29. The van der Waals surface area contributed by atoms with Crippen molar-refractivity contribution in [3.05, 3.63) is 24.2 Å². The monoisotopic (exact) mass is 308 g/mol. The number of furan rings is 1. The van der Waals surface area contributed by atoms with Gasteiger partial charge in [-0.1, -0.05) is 0 Å². The van der Waals surface area contributed by atoms with Gasteiger partial charge in [0.25, 0.3) is 0 Å². The van der Waals surface area contributed by atoms with Gasteiger partial charge in [-0.05, 0) is 26.0 Å². The van der Waals surface area contributed by atoms with E-state index in [1.807, 2.05) is 0 Å². The van der Waals surface area contributed by atoms with Crippen molar-refractivity contribution in [1.82, 2.24) is 9.80 Å². The molecule has 1 N–H and O–H groups in total. The Hall–Kier alpha value is -2.31. The Kier molecular flexibility index (Phi) is 4.85. The van der Waals surface area contributed by atoms with Crippen molar-refractivity contribution >= 4 is 17.8 Å². The Bertz CT molecular complexity index is 552. The largest absolute Gasteiger partial charge is 0.480 e. The lowest BCUT2D eigenvalue weighted by Gasteiger charge is -2.27. The third-order valence-electron chi connectivity index (χ3n) is 3.70. The molecule has 0 aromatic carbocycles. The molecule has 2 rings (SSSR count). The summed E-state index contributed by atoms with van der Waals surface area (Å²) in [5.41, 5.74) is 0. The van der Waals surface area contributed by atoms with E-state index in [0.717, 1.165) is 0 Å². The van der Waals surface area contributed by atoms with Gasteiger partial charge in [-0.15, -0.1) is 0 Å². The molecule has 0 spiro atoms. The first-order valence-corrected chi connectivity index (χ1v) is 7.21. The highest BCUT2D eigenvalue weighted by Gasteiger charge is 2.37. The molecule has 0 aliphatic carbocycles. The highest BCUT2D eigenvalue weighted by molar-refractivity contribution is 5.90. The molecule has 2 amide bonds. The first-order valence-electron chi connectivity index (χ1n) is 7.21. The van der Waals surface area contributed by atoms with Crippen LogP contribution in [0.5, 0.6) is 0 Å². The van der Waals surface area contributed by atoms with E-state index in [2.05, 4.69) is 0 Å². The molecule has 1 atom stereocenters. The second-order valence-electron chi connectivity index (χ2n) is 5.71. The number of likely N-dealkylation sites (tertiary alicyclic amines) is 1. The smallest absolute Gasteiger partial charge is 0.323 e. The molecule has 7 nitrogen and oxygen atoms in total. The molecule has 1 saturated heterocycles. The van der Waals surface area contributed by atoms with Gasteiger partial charge >= 0.3 is 5.97 Å². The molecule has 1 unspecified atom stereocenters. The molecule has 1 fully saturated rings. The molecule has 22 heavy (non-hydrogen) atoms. The molecule has 1 aromatic rings. The lowest BCUT2D eigenvalue weighted by molar-refractivity contribution is -0.147. The molecule has 0 saturated carbocycles. The summed E-state index contributed by atoms with van der Waals surface area (Å²) in [7, 11) is 0. The number of amides is 2. The fraction of sp³-hybridized carbons (Fsp3) is 0.533. The van der Waals surface area contributed by atoms with Gasteiger partial charge in [0, 0.05) is 19.0 Å². The van der Waals surface area contributed by atoms with Crippen LogP contribution in [-0.2, 0) is 20.9 Å². The lowest BCUT2D eigenvalue weighted by Crippen LogP contribution is -2.44. The first kappa shape index (κ1) is 16.1. The number of hydrogen-bond acceptors (Lipinski definition) is 4. The third-order valence-corrected chi connectivity index (χ3v) is 3.70. The first-order chi connectivity index (χ1) is 10.4. The van der Waals surface area contributed by atoms with Gasteiger partial charge in [-0.3, -0.25) is 14.4 Å². The highest BCUT2D eigenvalue weighted by Crippen LogP contribution is 2.23. The van der Waals surface area contributed by atoms with Crippen LogP contribution in [0, 0.1) is 5.92 Å². The minimum atomic E-state index is -1.06. The average molecular weight is 308 g/mol. The van der Waals surface area contributed by atoms with Crippen LogP contribution in [0.4, 0.5) is 0 Å². The lowest BCUT2D eigenvalue weighted by atomic mass is 10.1. The van der Waals surface area contributed by atoms with Crippen molar-refractivity contribution in [3.8, 4) is 0 Å². The number of carboxylic acids is 1. The van der Waals surface area contributed by atoms with Crippen molar-refractivity contribution in [2.75, 3.05) is 13.1 Å². The average Bonchev–Trinajstić information content (AvgIpc) is 3.06. The molecule has 2 heterocycles. The second kappa shape index (κ2) is 6.64. The number of carbonyl (C=O) groups is 3. The number of carboxylic acid groups (broad SMARTS) is 1. The summed E-state index contributed by atoms with van der Waals surface area (Å²) in [6.45, 7) is 3.80. The maximum absolute atomic E-state index is 12.5. The zero-order valence-corrected chi connectivity index (χ0v) is 12.7. The number of nitrogens with zero attached hydrogens (tertiary/aromatic N) is 2. The quantitative estimate of drug-likeness (QED) is 0.845. The van der Waals surface area contributed by atoms with Gasteiger partial charge in [-0.2, -0.15) is 0 Å². The minimum Gasteiger partial charge on any atom is -0.480 e. The SMILES string of the molecule is CC(C)N(CC(=O)O)C(=O)C1CC(=O)N(Cc2ccco2)C1. The Labute approximate surface area is 128 Å². The topological polar surface area (TPSA) is 91.1 Å². The Morgan fingerprint density at radius 2 is 2.23 bits per heavy atom. The van der Waals surface area contributed by atoms with E-state index in [1.54, 1.807) is 30.9 Å². The zero-order chi connectivity index (χ0) is 16.3. The van der Waals surface area contributed by atoms with Crippen molar-refractivity contribution in [3.63, 3.8) is 0 Å². The summed E-state index contributed by atoms with van der Waals surface area (Å²) in [4.78, 5) is 38.3. The molecular formula is C15H20N2O5. The number of hydrogen-bond donors (Lipinski definition) is 1. The van der Waals surface area contributed by atoms with Gasteiger partial charge in [0.15, 0.2) is 0 Å². The zero-order valence-electron chi connectivity index (χ0n) is 12.7. The molecule has 0 bridgehead atoms.